The van der Waals surface area contributed by atoms with Crippen molar-refractivity contribution in [1.29, 1.82) is 0 Å². The molecule has 1 fully saturated rings. The van der Waals surface area contributed by atoms with Crippen LogP contribution in [0.15, 0.2) is 48.3 Å². The zero-order valence-corrected chi connectivity index (χ0v) is 17.9. The van der Waals surface area contributed by atoms with Gasteiger partial charge in [-0.15, -0.1) is 0 Å². The Labute approximate surface area is 179 Å². The zero-order chi connectivity index (χ0) is 20.8. The minimum absolute atomic E-state index is 0.111. The molecule has 0 spiro atoms. The molecule has 0 bridgehead atoms. The quantitative estimate of drug-likeness (QED) is 0.711. The number of carbonyl (C=O) groups excluding carboxylic acids is 1. The molecule has 5 nitrogen and oxygen atoms in total. The third-order valence-corrected chi connectivity index (χ3v) is 6.29. The lowest BCUT2D eigenvalue weighted by Crippen LogP contribution is -2.41. The molecule has 2 heterocycles. The summed E-state index contributed by atoms with van der Waals surface area (Å²) in [5.41, 5.74) is 4.80. The van der Waals surface area contributed by atoms with Crippen LogP contribution in [-0.2, 0) is 4.79 Å². The van der Waals surface area contributed by atoms with Gasteiger partial charge in [0.25, 0.3) is 0 Å². The van der Waals surface area contributed by atoms with Crippen LogP contribution >= 0.6 is 0 Å². The van der Waals surface area contributed by atoms with Crippen molar-refractivity contribution >= 4 is 11.7 Å². The van der Waals surface area contributed by atoms with E-state index in [-0.39, 0.29) is 11.8 Å². The average molecular weight is 405 g/mol. The summed E-state index contributed by atoms with van der Waals surface area (Å²) in [6, 6.07) is 10.4. The Morgan fingerprint density at radius 2 is 2.03 bits per heavy atom. The van der Waals surface area contributed by atoms with E-state index < -0.39 is 0 Å². The molecule has 5 heteroatoms. The van der Waals surface area contributed by atoms with Crippen molar-refractivity contribution in [3.63, 3.8) is 0 Å². The Balaban J connectivity index is 1.28. The predicted molar refractivity (Wildman–Crippen MR) is 121 cm³/mol. The van der Waals surface area contributed by atoms with E-state index in [2.05, 4.69) is 63.5 Å². The summed E-state index contributed by atoms with van der Waals surface area (Å²) in [6.07, 6.45) is 11.8. The van der Waals surface area contributed by atoms with Gasteiger partial charge in [-0.25, -0.2) is 9.97 Å². The maximum absolute atomic E-state index is 12.6. The number of hydrogen-bond acceptors (Lipinski definition) is 4. The van der Waals surface area contributed by atoms with Gasteiger partial charge >= 0.3 is 0 Å². The highest BCUT2D eigenvalue weighted by molar-refractivity contribution is 5.79. The van der Waals surface area contributed by atoms with Gasteiger partial charge in [-0.1, -0.05) is 35.4 Å². The van der Waals surface area contributed by atoms with Crippen molar-refractivity contribution in [1.82, 2.24) is 15.3 Å². The number of aryl methyl sites for hydroxylation is 1. The van der Waals surface area contributed by atoms with Crippen molar-refractivity contribution in [3.05, 3.63) is 53.9 Å². The molecule has 1 N–H and O–H groups in total. The van der Waals surface area contributed by atoms with Crippen molar-refractivity contribution in [2.45, 2.75) is 51.9 Å². The molecule has 1 aromatic heterocycles. The second-order valence-corrected chi connectivity index (χ2v) is 8.54. The third-order valence-electron chi connectivity index (χ3n) is 6.29. The molecule has 2 aliphatic rings. The van der Waals surface area contributed by atoms with E-state index in [1.165, 1.54) is 36.8 Å². The second-order valence-electron chi connectivity index (χ2n) is 8.54. The number of rotatable bonds is 6. The Morgan fingerprint density at radius 3 is 2.80 bits per heavy atom. The van der Waals surface area contributed by atoms with Gasteiger partial charge in [-0.05, 0) is 57.9 Å². The third kappa shape index (κ3) is 5.26. The lowest BCUT2D eigenvalue weighted by molar-refractivity contribution is -0.125. The minimum Gasteiger partial charge on any atom is -0.356 e. The predicted octanol–water partition coefficient (Wildman–Crippen LogP) is 4.68. The van der Waals surface area contributed by atoms with E-state index in [4.69, 9.17) is 0 Å². The summed E-state index contributed by atoms with van der Waals surface area (Å²) in [6.45, 7) is 4.57. The Morgan fingerprint density at radius 1 is 1.17 bits per heavy atom. The van der Waals surface area contributed by atoms with E-state index in [9.17, 15) is 4.79 Å². The Hall–Kier alpha value is -2.69. The van der Waals surface area contributed by atoms with Crippen LogP contribution in [0, 0.1) is 12.8 Å². The van der Waals surface area contributed by atoms with E-state index in [1.807, 2.05) is 0 Å². The summed E-state index contributed by atoms with van der Waals surface area (Å²) in [4.78, 5) is 23.8. The highest BCUT2D eigenvalue weighted by Gasteiger charge is 2.25. The molecule has 1 aromatic carbocycles. The fraction of sp³-hybridized carbons (Fsp3) is 0.480. The van der Waals surface area contributed by atoms with Gasteiger partial charge in [-0.2, -0.15) is 0 Å². The number of nitrogens with zero attached hydrogens (tertiary/aromatic N) is 3. The number of piperidine rings is 1. The van der Waals surface area contributed by atoms with Gasteiger partial charge in [0.15, 0.2) is 0 Å². The molecule has 158 valence electrons. The largest absolute Gasteiger partial charge is 0.356 e. The molecule has 1 aliphatic carbocycles. The summed E-state index contributed by atoms with van der Waals surface area (Å²) in [5.74, 6) is 1.28. The number of carbonyl (C=O) groups is 1. The summed E-state index contributed by atoms with van der Waals surface area (Å²) >= 11 is 0. The zero-order valence-electron chi connectivity index (χ0n) is 17.9. The lowest BCUT2D eigenvalue weighted by atomic mass is 9.95. The topological polar surface area (TPSA) is 58.1 Å². The molecule has 1 aliphatic heterocycles. The van der Waals surface area contributed by atoms with E-state index in [1.54, 1.807) is 6.33 Å². The van der Waals surface area contributed by atoms with E-state index >= 15 is 0 Å². The number of hydrogen-bond donors (Lipinski definition) is 1. The maximum Gasteiger partial charge on any atom is 0.223 e. The molecule has 1 amide bonds. The standard InChI is InChI=1S/C25H32N4O/c1-19-6-5-9-22(16-19)23-17-24(28-18-27-23)29-14-11-21(12-15-29)25(30)26-13-10-20-7-3-2-4-8-20/h5-7,9,16-18,21H,2-4,8,10-15H2,1H3,(H,26,30). The number of nitrogens with one attached hydrogen (secondary N) is 1. The monoisotopic (exact) mass is 404 g/mol. The molecule has 0 atom stereocenters. The van der Waals surface area contributed by atoms with Crippen molar-refractivity contribution < 1.29 is 4.79 Å². The van der Waals surface area contributed by atoms with Crippen LogP contribution in [0.2, 0.25) is 0 Å². The number of benzene rings is 1. The molecule has 0 unspecified atom stereocenters. The first kappa shape index (κ1) is 20.6. The summed E-state index contributed by atoms with van der Waals surface area (Å²) < 4.78 is 0. The van der Waals surface area contributed by atoms with Crippen molar-refractivity contribution in [2.75, 3.05) is 24.5 Å². The summed E-state index contributed by atoms with van der Waals surface area (Å²) in [5, 5.41) is 3.17. The molecular formula is C25H32N4O. The Kier molecular flexibility index (Phi) is 6.77. The fourth-order valence-corrected chi connectivity index (χ4v) is 4.48. The Bertz CT molecular complexity index is 900. The SMILES string of the molecule is Cc1cccc(-c2cc(N3CCC(C(=O)NCCC4=CCCCC4)CC3)ncn2)c1. The van der Waals surface area contributed by atoms with Crippen LogP contribution in [0.4, 0.5) is 5.82 Å². The van der Waals surface area contributed by atoms with Crippen LogP contribution in [0.1, 0.15) is 50.5 Å². The maximum atomic E-state index is 12.6. The van der Waals surface area contributed by atoms with Gasteiger partial charge in [0, 0.05) is 37.2 Å². The highest BCUT2D eigenvalue weighted by Crippen LogP contribution is 2.26. The van der Waals surface area contributed by atoms with Gasteiger partial charge in [-0.3, -0.25) is 4.79 Å². The number of anilines is 1. The van der Waals surface area contributed by atoms with Crippen molar-refractivity contribution in [2.24, 2.45) is 5.92 Å². The first-order chi connectivity index (χ1) is 14.7. The lowest BCUT2D eigenvalue weighted by Gasteiger charge is -2.32. The molecule has 4 rings (SSSR count). The van der Waals surface area contributed by atoms with Crippen LogP contribution < -0.4 is 10.2 Å². The molecule has 1 saturated heterocycles. The average Bonchev–Trinajstić information content (AvgIpc) is 2.80. The number of aromatic nitrogens is 2. The van der Waals surface area contributed by atoms with E-state index in [0.717, 1.165) is 56.0 Å². The van der Waals surface area contributed by atoms with Gasteiger partial charge in [0.1, 0.15) is 12.1 Å². The highest BCUT2D eigenvalue weighted by atomic mass is 16.1. The van der Waals surface area contributed by atoms with Gasteiger partial charge in [0.05, 0.1) is 5.69 Å². The normalized spacial score (nSPS) is 17.5. The van der Waals surface area contributed by atoms with Gasteiger partial charge in [0.2, 0.25) is 5.91 Å². The van der Waals surface area contributed by atoms with Crippen LogP contribution in [-0.4, -0.2) is 35.5 Å². The van der Waals surface area contributed by atoms with Crippen LogP contribution in [0.3, 0.4) is 0 Å². The molecule has 0 radical (unpaired) electrons. The summed E-state index contributed by atoms with van der Waals surface area (Å²) in [7, 11) is 0. The minimum atomic E-state index is 0.111. The molecular weight excluding hydrogens is 372 g/mol. The molecule has 30 heavy (non-hydrogen) atoms. The fourth-order valence-electron chi connectivity index (χ4n) is 4.48. The number of amides is 1. The first-order valence-electron chi connectivity index (χ1n) is 11.3. The molecule has 0 saturated carbocycles. The smallest absolute Gasteiger partial charge is 0.223 e. The van der Waals surface area contributed by atoms with E-state index in [0.29, 0.717) is 0 Å². The first-order valence-corrected chi connectivity index (χ1v) is 11.3. The molecule has 2 aromatic rings. The van der Waals surface area contributed by atoms with Gasteiger partial charge < -0.3 is 10.2 Å². The van der Waals surface area contributed by atoms with Crippen molar-refractivity contribution in [3.8, 4) is 11.3 Å². The van der Waals surface area contributed by atoms with Crippen LogP contribution in [0.5, 0.6) is 0 Å². The van der Waals surface area contributed by atoms with Crippen LogP contribution in [0.25, 0.3) is 11.3 Å². The second kappa shape index (κ2) is 9.88. The number of allylic oxidation sites excluding steroid dienone is 1.